The third-order valence-corrected chi connectivity index (χ3v) is 2.02. The minimum absolute atomic E-state index is 1.08. The molecule has 2 rings (SSSR count). The Labute approximate surface area is 84.5 Å². The molecular formula is C12H16O2. The Morgan fingerprint density at radius 1 is 0.857 bits per heavy atom. The Kier molecular flexibility index (Phi) is 4.62. The zero-order valence-electron chi connectivity index (χ0n) is 8.69. The summed E-state index contributed by atoms with van der Waals surface area (Å²) >= 11 is 0. The van der Waals surface area contributed by atoms with Gasteiger partial charge in [-0.1, -0.05) is 13.8 Å². The highest BCUT2D eigenvalue weighted by molar-refractivity contribution is 5.20. The molecule has 0 amide bonds. The molecule has 0 fully saturated rings. The fraction of sp³-hybridized carbons (Fsp3) is 0.333. The monoisotopic (exact) mass is 192 g/mol. The van der Waals surface area contributed by atoms with Crippen molar-refractivity contribution in [2.45, 2.75) is 26.7 Å². The van der Waals surface area contributed by atoms with Crippen LogP contribution in [0, 0.1) is 0 Å². The van der Waals surface area contributed by atoms with E-state index in [-0.39, 0.29) is 0 Å². The van der Waals surface area contributed by atoms with E-state index in [9.17, 15) is 0 Å². The molecule has 0 radical (unpaired) electrons. The van der Waals surface area contributed by atoms with Crippen LogP contribution in [0.2, 0.25) is 0 Å². The number of furan rings is 2. The largest absolute Gasteiger partial charge is 0.473 e. The third kappa shape index (κ3) is 3.13. The first-order chi connectivity index (χ1) is 6.88. The van der Waals surface area contributed by atoms with Crippen molar-refractivity contribution in [1.29, 1.82) is 0 Å². The van der Waals surface area contributed by atoms with Crippen molar-refractivity contribution >= 4 is 0 Å². The van der Waals surface area contributed by atoms with Crippen molar-refractivity contribution in [1.82, 2.24) is 0 Å². The number of aryl methyl sites for hydroxylation is 2. The second-order valence-corrected chi connectivity index (χ2v) is 2.92. The van der Waals surface area contributed by atoms with Gasteiger partial charge in [0.1, 0.15) is 0 Å². The molecule has 0 unspecified atom stereocenters. The zero-order chi connectivity index (χ0) is 10.2. The van der Waals surface area contributed by atoms with E-state index >= 15 is 0 Å². The lowest BCUT2D eigenvalue weighted by Gasteiger charge is -1.90. The molecule has 0 aromatic carbocycles. The fourth-order valence-corrected chi connectivity index (χ4v) is 1.20. The van der Waals surface area contributed by atoms with Crippen molar-refractivity contribution in [3.63, 3.8) is 0 Å². The summed E-state index contributed by atoms with van der Waals surface area (Å²) in [6.07, 6.45) is 9.08. The molecule has 2 heteroatoms. The van der Waals surface area contributed by atoms with E-state index in [1.807, 2.05) is 24.7 Å². The molecule has 76 valence electrons. The standard InChI is InChI=1S/C8H12O.C4H4O/c1-3-7-5-9-6-8(7)4-2;1-2-4-5-3-1/h5-6H,3-4H2,1-2H3;1-4H. The van der Waals surface area contributed by atoms with Crippen LogP contribution in [-0.4, -0.2) is 0 Å². The fourth-order valence-electron chi connectivity index (χ4n) is 1.20. The number of rotatable bonds is 2. The summed E-state index contributed by atoms with van der Waals surface area (Å²) in [7, 11) is 0. The van der Waals surface area contributed by atoms with E-state index in [1.54, 1.807) is 12.5 Å². The highest BCUT2D eigenvalue weighted by Crippen LogP contribution is 2.10. The van der Waals surface area contributed by atoms with E-state index in [4.69, 9.17) is 4.42 Å². The lowest BCUT2D eigenvalue weighted by atomic mass is 10.1. The molecule has 0 saturated carbocycles. The zero-order valence-corrected chi connectivity index (χ0v) is 8.69. The van der Waals surface area contributed by atoms with Crippen molar-refractivity contribution in [2.75, 3.05) is 0 Å². The first-order valence-corrected chi connectivity index (χ1v) is 4.89. The average molecular weight is 192 g/mol. The number of hydrogen-bond acceptors (Lipinski definition) is 2. The van der Waals surface area contributed by atoms with E-state index in [2.05, 4.69) is 18.3 Å². The summed E-state index contributed by atoms with van der Waals surface area (Å²) in [6.45, 7) is 4.29. The Hall–Kier alpha value is -1.44. The molecule has 0 aliphatic carbocycles. The second kappa shape index (κ2) is 6.08. The summed E-state index contributed by atoms with van der Waals surface area (Å²) in [5.41, 5.74) is 2.69. The van der Waals surface area contributed by atoms with Gasteiger partial charge in [-0.2, -0.15) is 0 Å². The van der Waals surface area contributed by atoms with Gasteiger partial charge in [-0.3, -0.25) is 0 Å². The molecule has 0 aliphatic rings. The van der Waals surface area contributed by atoms with E-state index in [0.29, 0.717) is 0 Å². The minimum atomic E-state index is 1.08. The van der Waals surface area contributed by atoms with Gasteiger partial charge in [0.15, 0.2) is 0 Å². The maximum absolute atomic E-state index is 5.03. The first kappa shape index (κ1) is 10.6. The Morgan fingerprint density at radius 3 is 1.64 bits per heavy atom. The maximum atomic E-state index is 5.03. The van der Waals surface area contributed by atoms with Gasteiger partial charge in [0.25, 0.3) is 0 Å². The Morgan fingerprint density at radius 2 is 1.36 bits per heavy atom. The van der Waals surface area contributed by atoms with Gasteiger partial charge >= 0.3 is 0 Å². The van der Waals surface area contributed by atoms with Gasteiger partial charge in [0.2, 0.25) is 0 Å². The van der Waals surface area contributed by atoms with E-state index < -0.39 is 0 Å². The van der Waals surface area contributed by atoms with Crippen LogP contribution < -0.4 is 0 Å². The molecule has 2 aromatic rings. The molecule has 2 nitrogen and oxygen atoms in total. The predicted octanol–water partition coefficient (Wildman–Crippen LogP) is 3.68. The first-order valence-electron chi connectivity index (χ1n) is 4.89. The SMILES string of the molecule is CCc1cocc1CC.c1ccoc1. The minimum Gasteiger partial charge on any atom is -0.473 e. The van der Waals surface area contributed by atoms with Gasteiger partial charge < -0.3 is 8.83 Å². The van der Waals surface area contributed by atoms with E-state index in [1.165, 1.54) is 11.1 Å². The van der Waals surface area contributed by atoms with Gasteiger partial charge in [-0.05, 0) is 36.1 Å². The smallest absolute Gasteiger partial charge is 0.0937 e. The van der Waals surface area contributed by atoms with Crippen LogP contribution in [0.3, 0.4) is 0 Å². The van der Waals surface area contributed by atoms with Crippen LogP contribution in [0.1, 0.15) is 25.0 Å². The molecule has 2 aromatic heterocycles. The summed E-state index contributed by atoms with van der Waals surface area (Å²) in [6, 6.07) is 3.67. The highest BCUT2D eigenvalue weighted by Gasteiger charge is 1.98. The molecular weight excluding hydrogens is 176 g/mol. The molecule has 2 heterocycles. The lowest BCUT2D eigenvalue weighted by Crippen LogP contribution is -1.81. The summed E-state index contributed by atoms with van der Waals surface area (Å²) in [5, 5.41) is 0. The summed E-state index contributed by atoms with van der Waals surface area (Å²) in [4.78, 5) is 0. The quantitative estimate of drug-likeness (QED) is 0.725. The molecule has 0 atom stereocenters. The highest BCUT2D eigenvalue weighted by atomic mass is 16.3. The van der Waals surface area contributed by atoms with Crippen molar-refractivity contribution in [3.8, 4) is 0 Å². The topological polar surface area (TPSA) is 26.3 Å². The van der Waals surface area contributed by atoms with Gasteiger partial charge in [0, 0.05) is 0 Å². The Bertz CT molecular complexity index is 284. The lowest BCUT2D eigenvalue weighted by molar-refractivity contribution is 0.562. The van der Waals surface area contributed by atoms with Gasteiger partial charge in [0.05, 0.1) is 25.1 Å². The molecule has 0 bridgehead atoms. The average Bonchev–Trinajstić information content (AvgIpc) is 2.91. The third-order valence-electron chi connectivity index (χ3n) is 2.02. The van der Waals surface area contributed by atoms with Crippen molar-refractivity contribution < 1.29 is 8.83 Å². The predicted molar refractivity (Wildman–Crippen MR) is 56.2 cm³/mol. The van der Waals surface area contributed by atoms with Crippen LogP contribution >= 0.6 is 0 Å². The molecule has 14 heavy (non-hydrogen) atoms. The van der Waals surface area contributed by atoms with Crippen LogP contribution in [0.25, 0.3) is 0 Å². The number of hydrogen-bond donors (Lipinski definition) is 0. The molecule has 0 N–H and O–H groups in total. The van der Waals surface area contributed by atoms with Gasteiger partial charge in [-0.25, -0.2) is 0 Å². The van der Waals surface area contributed by atoms with Crippen LogP contribution in [0.4, 0.5) is 0 Å². The maximum Gasteiger partial charge on any atom is 0.0937 e. The molecule has 0 spiro atoms. The van der Waals surface area contributed by atoms with Gasteiger partial charge in [-0.15, -0.1) is 0 Å². The Balaban J connectivity index is 0.000000165. The van der Waals surface area contributed by atoms with E-state index in [0.717, 1.165) is 12.8 Å². The molecule has 0 aliphatic heterocycles. The normalized spacial score (nSPS) is 9.29. The van der Waals surface area contributed by atoms with Crippen molar-refractivity contribution in [3.05, 3.63) is 48.3 Å². The summed E-state index contributed by atoms with van der Waals surface area (Å²) < 4.78 is 9.61. The van der Waals surface area contributed by atoms with Crippen molar-refractivity contribution in [2.24, 2.45) is 0 Å². The summed E-state index contributed by atoms with van der Waals surface area (Å²) in [5.74, 6) is 0. The second-order valence-electron chi connectivity index (χ2n) is 2.92. The van der Waals surface area contributed by atoms with Crippen LogP contribution in [0.15, 0.2) is 46.0 Å². The van der Waals surface area contributed by atoms with Crippen LogP contribution in [0.5, 0.6) is 0 Å². The van der Waals surface area contributed by atoms with Crippen LogP contribution in [-0.2, 0) is 12.8 Å². The molecule has 0 saturated heterocycles.